The van der Waals surface area contributed by atoms with Crippen molar-refractivity contribution in [2.75, 3.05) is 4.72 Å². The second-order valence-electron chi connectivity index (χ2n) is 5.19. The predicted molar refractivity (Wildman–Crippen MR) is 101 cm³/mol. The molecule has 0 radical (unpaired) electrons. The third-order valence-electron chi connectivity index (χ3n) is 3.48. The lowest BCUT2D eigenvalue weighted by atomic mass is 10.1. The fourth-order valence-electron chi connectivity index (χ4n) is 2.33. The molecule has 1 aromatic carbocycles. The van der Waals surface area contributed by atoms with E-state index in [0.29, 0.717) is 11.5 Å². The molecule has 3 heterocycles. The number of nitrogens with zero attached hydrogens (tertiary/aromatic N) is 3. The second kappa shape index (κ2) is 6.25. The summed E-state index contributed by atoms with van der Waals surface area (Å²) in [6.45, 7) is 0. The summed E-state index contributed by atoms with van der Waals surface area (Å²) in [5.41, 5.74) is 2.15. The highest BCUT2D eigenvalue weighted by molar-refractivity contribution is 9.11. The molecule has 126 valence electrons. The molecule has 0 saturated carbocycles. The molecule has 4 aromatic rings. The van der Waals surface area contributed by atoms with Gasteiger partial charge in [0, 0.05) is 29.8 Å². The maximum atomic E-state index is 12.3. The number of aromatic nitrogens is 3. The van der Waals surface area contributed by atoms with Crippen LogP contribution in [0.15, 0.2) is 69.1 Å². The summed E-state index contributed by atoms with van der Waals surface area (Å²) in [5, 5.41) is 0. The Balaban J connectivity index is 1.59. The van der Waals surface area contributed by atoms with Gasteiger partial charge in [0.1, 0.15) is 4.21 Å². The van der Waals surface area contributed by atoms with Crippen LogP contribution in [-0.4, -0.2) is 22.8 Å². The van der Waals surface area contributed by atoms with Crippen molar-refractivity contribution in [1.82, 2.24) is 14.4 Å². The Morgan fingerprint density at radius 1 is 1.12 bits per heavy atom. The number of fused-ring (bicyclic) bond motifs is 1. The molecule has 0 aliphatic rings. The maximum Gasteiger partial charge on any atom is 0.271 e. The summed E-state index contributed by atoms with van der Waals surface area (Å²) in [7, 11) is -3.58. The standard InChI is InChI=1S/C16H11BrN4O2S2/c17-14-6-7-15(24-14)25(22,23)20-12-4-2-11(3-5-12)13-10-21-9-1-8-18-16(21)19-13/h1-10,20H. The summed E-state index contributed by atoms with van der Waals surface area (Å²) in [6.07, 6.45) is 5.44. The van der Waals surface area contributed by atoms with Crippen LogP contribution in [0.1, 0.15) is 0 Å². The molecule has 1 N–H and O–H groups in total. The van der Waals surface area contributed by atoms with Gasteiger partial charge in [-0.25, -0.2) is 18.4 Å². The Morgan fingerprint density at radius 2 is 1.92 bits per heavy atom. The molecule has 0 atom stereocenters. The Hall–Kier alpha value is -2.23. The number of sulfonamides is 1. The number of rotatable bonds is 4. The lowest BCUT2D eigenvalue weighted by Gasteiger charge is -2.06. The van der Waals surface area contributed by atoms with Gasteiger partial charge in [0.15, 0.2) is 0 Å². The quantitative estimate of drug-likeness (QED) is 0.526. The number of hydrogen-bond acceptors (Lipinski definition) is 5. The lowest BCUT2D eigenvalue weighted by molar-refractivity contribution is 0.603. The number of hydrogen-bond donors (Lipinski definition) is 1. The third kappa shape index (κ3) is 3.30. The van der Waals surface area contributed by atoms with Crippen molar-refractivity contribution in [1.29, 1.82) is 0 Å². The van der Waals surface area contributed by atoms with Gasteiger partial charge < -0.3 is 0 Å². The first kappa shape index (κ1) is 16.2. The van der Waals surface area contributed by atoms with E-state index in [1.54, 1.807) is 30.5 Å². The zero-order valence-corrected chi connectivity index (χ0v) is 15.8. The molecule has 0 bridgehead atoms. The van der Waals surface area contributed by atoms with Gasteiger partial charge in [-0.05, 0) is 46.3 Å². The molecular weight excluding hydrogens is 424 g/mol. The SMILES string of the molecule is O=S(=O)(Nc1ccc(-c2cn3cccnc3n2)cc1)c1ccc(Br)s1. The van der Waals surface area contributed by atoms with Gasteiger partial charge in [-0.2, -0.15) is 0 Å². The number of anilines is 1. The first-order chi connectivity index (χ1) is 12.0. The van der Waals surface area contributed by atoms with E-state index in [1.165, 1.54) is 0 Å². The highest BCUT2D eigenvalue weighted by atomic mass is 79.9. The Bertz CT molecular complexity index is 1120. The molecule has 3 aromatic heterocycles. The summed E-state index contributed by atoms with van der Waals surface area (Å²) < 4.78 is 30.1. The summed E-state index contributed by atoms with van der Waals surface area (Å²) in [6, 6.07) is 12.2. The minimum Gasteiger partial charge on any atom is -0.291 e. The van der Waals surface area contributed by atoms with E-state index >= 15 is 0 Å². The topological polar surface area (TPSA) is 76.4 Å². The number of imidazole rings is 1. The summed E-state index contributed by atoms with van der Waals surface area (Å²) in [4.78, 5) is 8.63. The van der Waals surface area contributed by atoms with Gasteiger partial charge in [-0.3, -0.25) is 9.12 Å². The Labute approximate surface area is 156 Å². The normalized spacial score (nSPS) is 11.7. The zero-order valence-electron chi connectivity index (χ0n) is 12.6. The van der Waals surface area contributed by atoms with Crippen LogP contribution in [0.25, 0.3) is 17.0 Å². The first-order valence-corrected chi connectivity index (χ1v) is 10.3. The van der Waals surface area contributed by atoms with E-state index in [1.807, 2.05) is 35.0 Å². The fourth-order valence-corrected chi connectivity index (χ4v) is 5.39. The number of nitrogens with one attached hydrogen (secondary N) is 1. The molecule has 25 heavy (non-hydrogen) atoms. The van der Waals surface area contributed by atoms with Crippen LogP contribution in [0.2, 0.25) is 0 Å². The van der Waals surface area contributed by atoms with Crippen LogP contribution in [0.5, 0.6) is 0 Å². The molecule has 0 aliphatic carbocycles. The van der Waals surface area contributed by atoms with Gasteiger partial charge in [-0.15, -0.1) is 11.3 Å². The molecule has 0 amide bonds. The Kier molecular flexibility index (Phi) is 4.06. The van der Waals surface area contributed by atoms with Gasteiger partial charge >= 0.3 is 0 Å². The van der Waals surface area contributed by atoms with Gasteiger partial charge in [0.05, 0.1) is 9.48 Å². The molecule has 0 fully saturated rings. The first-order valence-electron chi connectivity index (χ1n) is 7.20. The smallest absolute Gasteiger partial charge is 0.271 e. The van der Waals surface area contributed by atoms with Crippen molar-refractivity contribution < 1.29 is 8.42 Å². The van der Waals surface area contributed by atoms with Crippen LogP contribution >= 0.6 is 27.3 Å². The van der Waals surface area contributed by atoms with Gasteiger partial charge in [0.2, 0.25) is 5.78 Å². The molecule has 0 unspecified atom stereocenters. The predicted octanol–water partition coefficient (Wildman–Crippen LogP) is 4.02. The van der Waals surface area contributed by atoms with Crippen molar-refractivity contribution in [3.63, 3.8) is 0 Å². The zero-order chi connectivity index (χ0) is 17.4. The number of thiophene rings is 1. The van der Waals surface area contributed by atoms with Crippen molar-refractivity contribution in [3.05, 3.63) is 64.8 Å². The van der Waals surface area contributed by atoms with Crippen LogP contribution in [-0.2, 0) is 10.0 Å². The van der Waals surface area contributed by atoms with Gasteiger partial charge in [-0.1, -0.05) is 12.1 Å². The van der Waals surface area contributed by atoms with Crippen LogP contribution in [0, 0.1) is 0 Å². The van der Waals surface area contributed by atoms with E-state index in [9.17, 15) is 8.42 Å². The molecule has 0 aliphatic heterocycles. The molecule has 6 nitrogen and oxygen atoms in total. The third-order valence-corrected chi connectivity index (χ3v) is 6.98. The van der Waals surface area contributed by atoms with E-state index in [-0.39, 0.29) is 4.21 Å². The average Bonchev–Trinajstić information content (AvgIpc) is 3.21. The van der Waals surface area contributed by atoms with Crippen molar-refractivity contribution >= 4 is 48.8 Å². The molecule has 9 heteroatoms. The van der Waals surface area contributed by atoms with E-state index in [0.717, 1.165) is 26.4 Å². The Morgan fingerprint density at radius 3 is 2.60 bits per heavy atom. The highest BCUT2D eigenvalue weighted by Crippen LogP contribution is 2.28. The van der Waals surface area contributed by atoms with Gasteiger partial charge in [0.25, 0.3) is 10.0 Å². The van der Waals surface area contributed by atoms with E-state index in [4.69, 9.17) is 0 Å². The maximum absolute atomic E-state index is 12.3. The number of halogens is 1. The van der Waals surface area contributed by atoms with Crippen LogP contribution in [0.3, 0.4) is 0 Å². The number of benzene rings is 1. The minimum absolute atomic E-state index is 0.259. The largest absolute Gasteiger partial charge is 0.291 e. The fraction of sp³-hybridized carbons (Fsp3) is 0. The minimum atomic E-state index is -3.58. The van der Waals surface area contributed by atoms with Crippen molar-refractivity contribution in [3.8, 4) is 11.3 Å². The van der Waals surface area contributed by atoms with Crippen molar-refractivity contribution in [2.24, 2.45) is 0 Å². The monoisotopic (exact) mass is 434 g/mol. The molecule has 0 spiro atoms. The van der Waals surface area contributed by atoms with Crippen LogP contribution in [0.4, 0.5) is 5.69 Å². The molecule has 0 saturated heterocycles. The summed E-state index contributed by atoms with van der Waals surface area (Å²) in [5.74, 6) is 0.616. The van der Waals surface area contributed by atoms with E-state index in [2.05, 4.69) is 30.6 Å². The lowest BCUT2D eigenvalue weighted by Crippen LogP contribution is -2.11. The second-order valence-corrected chi connectivity index (χ2v) is 9.57. The molecule has 4 rings (SSSR count). The summed E-state index contributed by atoms with van der Waals surface area (Å²) >= 11 is 4.43. The molecular formula is C16H11BrN4O2S2. The van der Waals surface area contributed by atoms with E-state index < -0.39 is 10.0 Å². The highest BCUT2D eigenvalue weighted by Gasteiger charge is 2.16. The van der Waals surface area contributed by atoms with Crippen LogP contribution < -0.4 is 4.72 Å². The van der Waals surface area contributed by atoms with Crippen molar-refractivity contribution in [2.45, 2.75) is 4.21 Å². The average molecular weight is 435 g/mol.